The molecule has 0 atom stereocenters. The fourth-order valence-electron chi connectivity index (χ4n) is 2.69. The van der Waals surface area contributed by atoms with Gasteiger partial charge in [-0.2, -0.15) is 0 Å². The molecule has 3 aromatic rings. The lowest BCUT2D eigenvalue weighted by molar-refractivity contribution is -0.119. The summed E-state index contributed by atoms with van der Waals surface area (Å²) in [5, 5.41) is 2.93. The zero-order chi connectivity index (χ0) is 20.6. The van der Waals surface area contributed by atoms with Gasteiger partial charge < -0.3 is 14.8 Å². The highest BCUT2D eigenvalue weighted by Crippen LogP contribution is 2.24. The van der Waals surface area contributed by atoms with E-state index in [-0.39, 0.29) is 24.7 Å². The second kappa shape index (κ2) is 9.55. The van der Waals surface area contributed by atoms with Crippen LogP contribution >= 0.6 is 0 Å². The van der Waals surface area contributed by atoms with Gasteiger partial charge in [0.25, 0.3) is 0 Å². The number of carbonyl (C=O) groups is 2. The van der Waals surface area contributed by atoms with Crippen molar-refractivity contribution >= 4 is 17.4 Å². The molecule has 148 valence electrons. The number of benzene rings is 3. The summed E-state index contributed by atoms with van der Waals surface area (Å²) < 4.78 is 11.1. The predicted molar refractivity (Wildman–Crippen MR) is 113 cm³/mol. The molecule has 29 heavy (non-hydrogen) atoms. The maximum atomic E-state index is 12.3. The van der Waals surface area contributed by atoms with Crippen molar-refractivity contribution in [2.45, 2.75) is 20.3 Å². The summed E-state index contributed by atoms with van der Waals surface area (Å²) in [7, 11) is 0. The topological polar surface area (TPSA) is 64.6 Å². The highest BCUT2D eigenvalue weighted by Gasteiger charge is 2.06. The number of carbonyl (C=O) groups excluding carboxylic acids is 2. The Hall–Kier alpha value is -3.60. The van der Waals surface area contributed by atoms with E-state index >= 15 is 0 Å². The molecule has 0 spiro atoms. The Bertz CT molecular complexity index is 979. The number of ketones is 1. The molecule has 0 fully saturated rings. The Morgan fingerprint density at radius 2 is 1.41 bits per heavy atom. The molecule has 0 saturated carbocycles. The molecule has 3 rings (SSSR count). The zero-order valence-corrected chi connectivity index (χ0v) is 16.5. The molecule has 0 aliphatic carbocycles. The van der Waals surface area contributed by atoms with Crippen LogP contribution in [0.25, 0.3) is 0 Å². The lowest BCUT2D eigenvalue weighted by Crippen LogP contribution is -2.15. The SMILES string of the molecule is CC(=O)COc1ccc(Oc2ccc(CC(=O)Nc3ccccc3C)cc2)cc1. The highest BCUT2D eigenvalue weighted by molar-refractivity contribution is 5.92. The summed E-state index contributed by atoms with van der Waals surface area (Å²) >= 11 is 0. The number of hydrogen-bond acceptors (Lipinski definition) is 4. The van der Waals surface area contributed by atoms with Gasteiger partial charge in [-0.1, -0.05) is 30.3 Å². The third-order valence-electron chi connectivity index (χ3n) is 4.21. The van der Waals surface area contributed by atoms with Crippen molar-refractivity contribution in [3.63, 3.8) is 0 Å². The lowest BCUT2D eigenvalue weighted by atomic mass is 10.1. The summed E-state index contributed by atoms with van der Waals surface area (Å²) in [5.41, 5.74) is 2.76. The van der Waals surface area contributed by atoms with Gasteiger partial charge in [-0.05, 0) is 67.4 Å². The van der Waals surface area contributed by atoms with Gasteiger partial charge in [0.1, 0.15) is 23.9 Å². The number of para-hydroxylation sites is 1. The molecule has 5 nitrogen and oxygen atoms in total. The summed E-state index contributed by atoms with van der Waals surface area (Å²) in [6, 6.07) is 22.2. The maximum Gasteiger partial charge on any atom is 0.228 e. The van der Waals surface area contributed by atoms with Gasteiger partial charge in [-0.15, -0.1) is 0 Å². The third-order valence-corrected chi connectivity index (χ3v) is 4.21. The first-order chi connectivity index (χ1) is 14.0. The first kappa shape index (κ1) is 20.1. The molecule has 0 radical (unpaired) electrons. The Labute approximate surface area is 170 Å². The number of aryl methyl sites for hydroxylation is 1. The Kier molecular flexibility index (Phi) is 6.63. The van der Waals surface area contributed by atoms with Crippen LogP contribution in [0.3, 0.4) is 0 Å². The van der Waals surface area contributed by atoms with Crippen LogP contribution in [0, 0.1) is 6.92 Å². The van der Waals surface area contributed by atoms with Crippen molar-refractivity contribution in [3.05, 3.63) is 83.9 Å². The molecular weight excluding hydrogens is 366 g/mol. The molecular formula is C24H23NO4. The van der Waals surface area contributed by atoms with E-state index in [1.165, 1.54) is 6.92 Å². The largest absolute Gasteiger partial charge is 0.486 e. The maximum absolute atomic E-state index is 12.3. The van der Waals surface area contributed by atoms with Crippen molar-refractivity contribution in [2.24, 2.45) is 0 Å². The summed E-state index contributed by atoms with van der Waals surface area (Å²) in [5.74, 6) is 1.85. The van der Waals surface area contributed by atoms with Crippen molar-refractivity contribution < 1.29 is 19.1 Å². The number of nitrogens with one attached hydrogen (secondary N) is 1. The van der Waals surface area contributed by atoms with Gasteiger partial charge in [0, 0.05) is 5.69 Å². The van der Waals surface area contributed by atoms with E-state index in [2.05, 4.69) is 5.32 Å². The molecule has 1 amide bonds. The Balaban J connectivity index is 1.54. The lowest BCUT2D eigenvalue weighted by Gasteiger charge is -2.10. The van der Waals surface area contributed by atoms with Crippen molar-refractivity contribution in [1.29, 1.82) is 0 Å². The number of rotatable bonds is 8. The molecule has 1 N–H and O–H groups in total. The predicted octanol–water partition coefficient (Wildman–Crippen LogP) is 4.94. The van der Waals surface area contributed by atoms with Gasteiger partial charge in [0.15, 0.2) is 5.78 Å². The first-order valence-corrected chi connectivity index (χ1v) is 9.34. The summed E-state index contributed by atoms with van der Waals surface area (Å²) in [4.78, 5) is 23.2. The van der Waals surface area contributed by atoms with Crippen molar-refractivity contribution in [1.82, 2.24) is 0 Å². The molecule has 0 bridgehead atoms. The van der Waals surface area contributed by atoms with Crippen LogP contribution in [0.4, 0.5) is 5.69 Å². The van der Waals surface area contributed by atoms with Crippen molar-refractivity contribution in [2.75, 3.05) is 11.9 Å². The molecule has 3 aromatic carbocycles. The fourth-order valence-corrected chi connectivity index (χ4v) is 2.69. The van der Waals surface area contributed by atoms with E-state index in [0.717, 1.165) is 16.8 Å². The molecule has 0 aliphatic heterocycles. The minimum Gasteiger partial charge on any atom is -0.486 e. The minimum atomic E-state index is -0.0610. The zero-order valence-electron chi connectivity index (χ0n) is 16.5. The van der Waals surface area contributed by atoms with Crippen LogP contribution in [-0.4, -0.2) is 18.3 Å². The van der Waals surface area contributed by atoms with Gasteiger partial charge in [-0.3, -0.25) is 9.59 Å². The smallest absolute Gasteiger partial charge is 0.228 e. The molecule has 5 heteroatoms. The van der Waals surface area contributed by atoms with Crippen LogP contribution < -0.4 is 14.8 Å². The fraction of sp³-hybridized carbons (Fsp3) is 0.167. The van der Waals surface area contributed by atoms with Crippen LogP contribution in [0.2, 0.25) is 0 Å². The number of hydrogen-bond donors (Lipinski definition) is 1. The van der Waals surface area contributed by atoms with Crippen LogP contribution in [-0.2, 0) is 16.0 Å². The van der Waals surface area contributed by atoms with Gasteiger partial charge in [0.05, 0.1) is 6.42 Å². The van der Waals surface area contributed by atoms with E-state index in [1.807, 2.05) is 55.5 Å². The number of Topliss-reactive ketones (excluding diaryl/α,β-unsaturated/α-hetero) is 1. The van der Waals surface area contributed by atoms with E-state index in [0.29, 0.717) is 17.2 Å². The van der Waals surface area contributed by atoms with E-state index in [9.17, 15) is 9.59 Å². The normalized spacial score (nSPS) is 10.3. The molecule has 0 aliphatic rings. The monoisotopic (exact) mass is 389 g/mol. The number of ether oxygens (including phenoxy) is 2. The second-order valence-corrected chi connectivity index (χ2v) is 6.75. The third kappa shape index (κ3) is 6.21. The van der Waals surface area contributed by atoms with Crippen LogP contribution in [0.1, 0.15) is 18.1 Å². The van der Waals surface area contributed by atoms with Crippen LogP contribution in [0.15, 0.2) is 72.8 Å². The number of anilines is 1. The standard InChI is InChI=1S/C24H23NO4/c1-17-5-3-4-6-23(17)25-24(27)15-19-7-9-21(10-8-19)29-22-13-11-20(12-14-22)28-16-18(2)26/h3-14H,15-16H2,1-2H3,(H,25,27). The van der Waals surface area contributed by atoms with Gasteiger partial charge in [0.2, 0.25) is 5.91 Å². The number of amides is 1. The Morgan fingerprint density at radius 3 is 2.03 bits per heavy atom. The van der Waals surface area contributed by atoms with E-state index in [4.69, 9.17) is 9.47 Å². The van der Waals surface area contributed by atoms with Gasteiger partial charge in [-0.25, -0.2) is 0 Å². The van der Waals surface area contributed by atoms with Crippen molar-refractivity contribution in [3.8, 4) is 17.2 Å². The first-order valence-electron chi connectivity index (χ1n) is 9.34. The summed E-state index contributed by atoms with van der Waals surface area (Å²) in [6.45, 7) is 3.50. The molecule has 0 heterocycles. The molecule has 0 aromatic heterocycles. The minimum absolute atomic E-state index is 0.0296. The second-order valence-electron chi connectivity index (χ2n) is 6.75. The Morgan fingerprint density at radius 1 is 0.828 bits per heavy atom. The van der Waals surface area contributed by atoms with E-state index < -0.39 is 0 Å². The highest BCUT2D eigenvalue weighted by atomic mass is 16.5. The van der Waals surface area contributed by atoms with Gasteiger partial charge >= 0.3 is 0 Å². The quantitative estimate of drug-likeness (QED) is 0.593. The average Bonchev–Trinajstić information content (AvgIpc) is 2.71. The van der Waals surface area contributed by atoms with E-state index in [1.54, 1.807) is 24.3 Å². The molecule has 0 unspecified atom stereocenters. The summed E-state index contributed by atoms with van der Waals surface area (Å²) in [6.07, 6.45) is 0.288. The molecule has 0 saturated heterocycles. The van der Waals surface area contributed by atoms with Crippen LogP contribution in [0.5, 0.6) is 17.2 Å². The average molecular weight is 389 g/mol.